The quantitative estimate of drug-likeness (QED) is 0.167. The lowest BCUT2D eigenvalue weighted by molar-refractivity contribution is 0.571. The van der Waals surface area contributed by atoms with Crippen LogP contribution in [0.4, 0.5) is 28.4 Å². The van der Waals surface area contributed by atoms with Crippen molar-refractivity contribution < 1.29 is 4.42 Å². The maximum absolute atomic E-state index is 6.72. The molecule has 0 saturated carbocycles. The van der Waals surface area contributed by atoms with E-state index in [0.717, 1.165) is 56.8 Å². The Balaban J connectivity index is 1.21. The van der Waals surface area contributed by atoms with Crippen LogP contribution in [0.2, 0.25) is 0 Å². The second-order valence-corrected chi connectivity index (χ2v) is 17.2. The number of fused-ring (bicyclic) bond motifs is 12. The smallest absolute Gasteiger partial charge is 0.137 e. The molecule has 1 atom stereocenters. The zero-order chi connectivity index (χ0) is 39.8. The Morgan fingerprint density at radius 3 is 1.88 bits per heavy atom. The predicted molar refractivity (Wildman–Crippen MR) is 250 cm³/mol. The summed E-state index contributed by atoms with van der Waals surface area (Å²) in [6.07, 6.45) is 9.84. The van der Waals surface area contributed by atoms with Crippen molar-refractivity contribution in [2.45, 2.75) is 34.1 Å². The topological polar surface area (TPSA) is 19.6 Å². The van der Waals surface area contributed by atoms with Gasteiger partial charge in [-0.2, -0.15) is 0 Å². The molecule has 3 aliphatic rings. The third-order valence-electron chi connectivity index (χ3n) is 12.8. The summed E-state index contributed by atoms with van der Waals surface area (Å²) in [5, 5.41) is 2.18. The van der Waals surface area contributed by atoms with Crippen molar-refractivity contribution >= 4 is 62.1 Å². The highest BCUT2D eigenvalue weighted by atomic mass is 32.2. The van der Waals surface area contributed by atoms with E-state index in [2.05, 4.69) is 229 Å². The summed E-state index contributed by atoms with van der Waals surface area (Å²) in [6, 6.07) is 68.9. The number of para-hydroxylation sites is 3. The largest absolute Gasteiger partial charge is 0.456 e. The molecule has 12 rings (SSSR count). The highest BCUT2D eigenvalue weighted by Crippen LogP contribution is 2.64. The summed E-state index contributed by atoms with van der Waals surface area (Å²) in [5.41, 5.74) is 14.2. The van der Waals surface area contributed by atoms with E-state index in [-0.39, 0.29) is 0 Å². The molecule has 1 aliphatic heterocycles. The van der Waals surface area contributed by atoms with E-state index in [1.54, 1.807) is 0 Å². The third-order valence-corrected chi connectivity index (χ3v) is 14.0. The number of nitrogens with zero attached hydrogens (tertiary/aromatic N) is 2. The van der Waals surface area contributed by atoms with Crippen molar-refractivity contribution in [3.63, 3.8) is 0 Å². The lowest BCUT2D eigenvalue weighted by atomic mass is 9.67. The van der Waals surface area contributed by atoms with Crippen LogP contribution in [0.15, 0.2) is 227 Å². The van der Waals surface area contributed by atoms with Gasteiger partial charge in [0.1, 0.15) is 11.2 Å². The van der Waals surface area contributed by atoms with Gasteiger partial charge in [-0.1, -0.05) is 170 Å². The minimum Gasteiger partial charge on any atom is -0.456 e. The van der Waals surface area contributed by atoms with Crippen LogP contribution in [-0.2, 0) is 5.41 Å². The zero-order valence-corrected chi connectivity index (χ0v) is 33.9. The summed E-state index contributed by atoms with van der Waals surface area (Å²) in [4.78, 5) is 7.59. The molecule has 0 radical (unpaired) electrons. The SMILES string of the molecule is CC1(N(c2ccccc2)c2c(N(c3ccccc3)c3cccc4c3Sc3ccccc3C43c4ccccc4-c4ccccc43)ccc3oc4ccccc4c23)C=CC=CC1. The molecule has 0 fully saturated rings. The highest BCUT2D eigenvalue weighted by Gasteiger charge is 2.51. The number of allylic oxidation sites excluding steroid dienone is 2. The molecular weight excluding hydrogens is 749 g/mol. The first-order chi connectivity index (χ1) is 29.6. The average Bonchev–Trinajstić information content (AvgIpc) is 3.83. The molecule has 60 heavy (non-hydrogen) atoms. The van der Waals surface area contributed by atoms with Crippen LogP contribution in [0.5, 0.6) is 0 Å². The lowest BCUT2D eigenvalue weighted by Crippen LogP contribution is -2.42. The van der Waals surface area contributed by atoms with E-state index in [1.165, 1.54) is 43.2 Å². The molecule has 1 aromatic heterocycles. The highest BCUT2D eigenvalue weighted by molar-refractivity contribution is 7.99. The van der Waals surface area contributed by atoms with Gasteiger partial charge >= 0.3 is 0 Å². The second kappa shape index (κ2) is 13.5. The van der Waals surface area contributed by atoms with Crippen molar-refractivity contribution in [3.8, 4) is 11.1 Å². The standard InChI is InChI=1S/C56H40N2OS/c1-55(36-17-4-18-37-55)58(39-22-7-3-8-23-39)53-47(34-35-50-52(53)42-26-11-15-32-49(42)59-50)57(38-20-5-2-6-21-38)48-31-19-30-46-54(48)60-51-33-16-14-29-45(51)56(46)43-27-12-9-24-40(43)41-25-10-13-28-44(41)56/h2-36H,37H2,1H3. The van der Waals surface area contributed by atoms with E-state index in [4.69, 9.17) is 4.42 Å². The molecule has 0 saturated heterocycles. The van der Waals surface area contributed by atoms with Gasteiger partial charge in [-0.25, -0.2) is 0 Å². The molecule has 3 nitrogen and oxygen atoms in total. The molecule has 4 heteroatoms. The number of furan rings is 1. The molecule has 286 valence electrons. The predicted octanol–water partition coefficient (Wildman–Crippen LogP) is 15.3. The van der Waals surface area contributed by atoms with Crippen molar-refractivity contribution in [2.75, 3.05) is 9.80 Å². The Kier molecular flexibility index (Phi) is 7.88. The van der Waals surface area contributed by atoms with Gasteiger partial charge in [0.25, 0.3) is 0 Å². The summed E-state index contributed by atoms with van der Waals surface area (Å²) < 4.78 is 6.72. The number of hydrogen-bond donors (Lipinski definition) is 0. The summed E-state index contributed by atoms with van der Waals surface area (Å²) in [6.45, 7) is 2.35. The molecule has 9 aromatic rings. The van der Waals surface area contributed by atoms with Gasteiger partial charge in [-0.3, -0.25) is 0 Å². The molecule has 2 heterocycles. The first kappa shape index (κ1) is 35.0. The first-order valence-electron chi connectivity index (χ1n) is 20.7. The van der Waals surface area contributed by atoms with Gasteiger partial charge in [0, 0.05) is 26.6 Å². The van der Waals surface area contributed by atoms with Gasteiger partial charge in [0.15, 0.2) is 0 Å². The Bertz CT molecular complexity index is 3150. The molecular formula is C56H40N2OS. The zero-order valence-electron chi connectivity index (χ0n) is 33.1. The van der Waals surface area contributed by atoms with Crippen molar-refractivity contribution in [1.82, 2.24) is 0 Å². The molecule has 0 N–H and O–H groups in total. The van der Waals surface area contributed by atoms with Crippen LogP contribution in [0, 0.1) is 0 Å². The van der Waals surface area contributed by atoms with Gasteiger partial charge in [0.05, 0.1) is 33.4 Å². The van der Waals surface area contributed by atoms with Crippen molar-refractivity contribution in [1.29, 1.82) is 0 Å². The summed E-state index contributed by atoms with van der Waals surface area (Å²) >= 11 is 1.89. The Labute approximate surface area is 354 Å². The van der Waals surface area contributed by atoms with Crippen LogP contribution in [0.25, 0.3) is 33.1 Å². The summed E-state index contributed by atoms with van der Waals surface area (Å²) in [5.74, 6) is 0. The molecule has 8 aromatic carbocycles. The van der Waals surface area contributed by atoms with E-state index in [9.17, 15) is 0 Å². The van der Waals surface area contributed by atoms with Gasteiger partial charge in [-0.15, -0.1) is 0 Å². The van der Waals surface area contributed by atoms with E-state index in [0.29, 0.717) is 0 Å². The molecule has 0 bridgehead atoms. The van der Waals surface area contributed by atoms with Crippen LogP contribution >= 0.6 is 11.8 Å². The third kappa shape index (κ3) is 4.98. The molecule has 0 amide bonds. The number of benzene rings is 8. The number of rotatable bonds is 6. The van der Waals surface area contributed by atoms with Gasteiger partial charge < -0.3 is 14.2 Å². The average molecular weight is 789 g/mol. The monoisotopic (exact) mass is 788 g/mol. The van der Waals surface area contributed by atoms with Crippen LogP contribution in [0.1, 0.15) is 35.6 Å². The minimum atomic E-state index is -0.501. The maximum atomic E-state index is 6.72. The Morgan fingerprint density at radius 2 is 1.15 bits per heavy atom. The molecule has 1 spiro atoms. The molecule has 2 aliphatic carbocycles. The number of anilines is 5. The van der Waals surface area contributed by atoms with E-state index in [1.807, 2.05) is 11.8 Å². The van der Waals surface area contributed by atoms with Crippen LogP contribution in [-0.4, -0.2) is 5.54 Å². The maximum Gasteiger partial charge on any atom is 0.137 e. The van der Waals surface area contributed by atoms with Crippen molar-refractivity contribution in [2.24, 2.45) is 0 Å². The van der Waals surface area contributed by atoms with E-state index < -0.39 is 11.0 Å². The number of hydrogen-bond acceptors (Lipinski definition) is 4. The van der Waals surface area contributed by atoms with Gasteiger partial charge in [0.2, 0.25) is 0 Å². The Morgan fingerprint density at radius 1 is 0.517 bits per heavy atom. The van der Waals surface area contributed by atoms with Crippen molar-refractivity contribution in [3.05, 3.63) is 235 Å². The summed E-state index contributed by atoms with van der Waals surface area (Å²) in [7, 11) is 0. The fourth-order valence-electron chi connectivity index (χ4n) is 10.4. The van der Waals surface area contributed by atoms with Crippen LogP contribution in [0.3, 0.4) is 0 Å². The Hall–Kier alpha value is -7.01. The molecule has 1 unspecified atom stereocenters. The fourth-order valence-corrected chi connectivity index (χ4v) is 11.6. The fraction of sp³-hybridized carbons (Fsp3) is 0.0714. The lowest BCUT2D eigenvalue weighted by Gasteiger charge is -2.45. The van der Waals surface area contributed by atoms with E-state index >= 15 is 0 Å². The van der Waals surface area contributed by atoms with Gasteiger partial charge in [-0.05, 0) is 101 Å². The van der Waals surface area contributed by atoms with Crippen LogP contribution < -0.4 is 9.80 Å². The minimum absolute atomic E-state index is 0.398. The first-order valence-corrected chi connectivity index (χ1v) is 21.6. The normalized spacial score (nSPS) is 16.7. The second-order valence-electron chi connectivity index (χ2n) is 16.2.